The highest BCUT2D eigenvalue weighted by Gasteiger charge is 2.11. The number of aryl methyl sites for hydroxylation is 1. The van der Waals surface area contributed by atoms with Gasteiger partial charge in [0.1, 0.15) is 5.82 Å². The highest BCUT2D eigenvalue weighted by atomic mass is 15.2. The Morgan fingerprint density at radius 1 is 1.10 bits per heavy atom. The lowest BCUT2D eigenvalue weighted by molar-refractivity contribution is 0.630. The first-order valence-electron chi connectivity index (χ1n) is 6.77. The summed E-state index contributed by atoms with van der Waals surface area (Å²) in [5.74, 6) is 1.32. The van der Waals surface area contributed by atoms with Crippen molar-refractivity contribution in [3.63, 3.8) is 0 Å². The third-order valence-corrected chi connectivity index (χ3v) is 2.63. The fourth-order valence-electron chi connectivity index (χ4n) is 1.83. The van der Waals surface area contributed by atoms with Crippen molar-refractivity contribution < 1.29 is 0 Å². The Morgan fingerprint density at radius 2 is 1.76 bits per heavy atom. The molecule has 2 N–H and O–H groups in total. The van der Waals surface area contributed by atoms with Crippen molar-refractivity contribution in [1.29, 1.82) is 5.26 Å². The number of benzene rings is 1. The standard InChI is InChI=1S/C16H19N5/c1-11-9-14(21-16(2,3)4)20-15(18-11)19-13-7-5-12(10-17)6-8-13/h5-9H,1-4H3,(H2,18,19,20,21). The molecule has 5 heteroatoms. The van der Waals surface area contributed by atoms with Gasteiger partial charge in [-0.05, 0) is 52.0 Å². The molecular formula is C16H19N5. The molecule has 1 heterocycles. The third kappa shape index (κ3) is 4.46. The minimum Gasteiger partial charge on any atom is -0.365 e. The molecule has 0 fully saturated rings. The fourth-order valence-corrected chi connectivity index (χ4v) is 1.83. The van der Waals surface area contributed by atoms with Crippen LogP contribution in [-0.2, 0) is 0 Å². The van der Waals surface area contributed by atoms with Gasteiger partial charge in [-0.25, -0.2) is 4.98 Å². The van der Waals surface area contributed by atoms with Gasteiger partial charge < -0.3 is 10.6 Å². The molecule has 5 nitrogen and oxygen atoms in total. The molecule has 0 aliphatic heterocycles. The molecule has 0 aliphatic carbocycles. The van der Waals surface area contributed by atoms with Crippen molar-refractivity contribution in [1.82, 2.24) is 9.97 Å². The molecule has 0 saturated heterocycles. The molecule has 0 atom stereocenters. The number of aromatic nitrogens is 2. The van der Waals surface area contributed by atoms with E-state index in [9.17, 15) is 0 Å². The van der Waals surface area contributed by atoms with Gasteiger partial charge in [0.15, 0.2) is 0 Å². The SMILES string of the molecule is Cc1cc(NC(C)(C)C)nc(Nc2ccc(C#N)cc2)n1. The molecule has 1 aromatic carbocycles. The summed E-state index contributed by atoms with van der Waals surface area (Å²) >= 11 is 0. The van der Waals surface area contributed by atoms with E-state index in [0.717, 1.165) is 17.2 Å². The Balaban J connectivity index is 2.21. The zero-order valence-electron chi connectivity index (χ0n) is 12.7. The number of anilines is 3. The molecule has 0 bridgehead atoms. The molecule has 21 heavy (non-hydrogen) atoms. The average molecular weight is 281 g/mol. The van der Waals surface area contributed by atoms with Crippen LogP contribution in [0.2, 0.25) is 0 Å². The van der Waals surface area contributed by atoms with Crippen LogP contribution in [0.5, 0.6) is 0 Å². The van der Waals surface area contributed by atoms with Crippen molar-refractivity contribution in [2.45, 2.75) is 33.2 Å². The van der Waals surface area contributed by atoms with Gasteiger partial charge in [0, 0.05) is 23.0 Å². The zero-order valence-corrected chi connectivity index (χ0v) is 12.7. The van der Waals surface area contributed by atoms with Crippen LogP contribution in [0.15, 0.2) is 30.3 Å². The Morgan fingerprint density at radius 3 is 2.33 bits per heavy atom. The van der Waals surface area contributed by atoms with Gasteiger partial charge in [-0.3, -0.25) is 0 Å². The summed E-state index contributed by atoms with van der Waals surface area (Å²) in [6, 6.07) is 11.2. The molecule has 0 saturated carbocycles. The predicted molar refractivity (Wildman–Crippen MR) is 84.6 cm³/mol. The number of rotatable bonds is 3. The summed E-state index contributed by atoms with van der Waals surface area (Å²) in [4.78, 5) is 8.83. The van der Waals surface area contributed by atoms with Crippen molar-refractivity contribution in [3.8, 4) is 6.07 Å². The van der Waals surface area contributed by atoms with Gasteiger partial charge in [0.2, 0.25) is 5.95 Å². The average Bonchev–Trinajstić information content (AvgIpc) is 2.36. The quantitative estimate of drug-likeness (QED) is 0.899. The number of nitriles is 1. The minimum atomic E-state index is -0.0630. The normalized spacial score (nSPS) is 10.8. The Hall–Kier alpha value is -2.61. The van der Waals surface area contributed by atoms with E-state index in [2.05, 4.69) is 47.4 Å². The topological polar surface area (TPSA) is 73.6 Å². The van der Waals surface area contributed by atoms with Crippen LogP contribution in [0, 0.1) is 18.3 Å². The number of nitrogens with one attached hydrogen (secondary N) is 2. The highest BCUT2D eigenvalue weighted by Crippen LogP contribution is 2.18. The summed E-state index contributed by atoms with van der Waals surface area (Å²) in [6.07, 6.45) is 0. The summed E-state index contributed by atoms with van der Waals surface area (Å²) < 4.78 is 0. The van der Waals surface area contributed by atoms with Crippen LogP contribution < -0.4 is 10.6 Å². The maximum Gasteiger partial charge on any atom is 0.229 e. The maximum atomic E-state index is 8.80. The molecule has 0 radical (unpaired) electrons. The first kappa shape index (κ1) is 14.8. The number of hydrogen-bond acceptors (Lipinski definition) is 5. The van der Waals surface area contributed by atoms with E-state index in [1.165, 1.54) is 0 Å². The van der Waals surface area contributed by atoms with E-state index in [4.69, 9.17) is 5.26 Å². The largest absolute Gasteiger partial charge is 0.365 e. The molecule has 0 aliphatic rings. The van der Waals surface area contributed by atoms with Gasteiger partial charge >= 0.3 is 0 Å². The van der Waals surface area contributed by atoms with Crippen LogP contribution in [-0.4, -0.2) is 15.5 Å². The van der Waals surface area contributed by atoms with E-state index in [1.807, 2.05) is 25.1 Å². The summed E-state index contributed by atoms with van der Waals surface area (Å²) in [6.45, 7) is 8.17. The van der Waals surface area contributed by atoms with Gasteiger partial charge in [-0.2, -0.15) is 10.2 Å². The minimum absolute atomic E-state index is 0.0630. The van der Waals surface area contributed by atoms with E-state index >= 15 is 0 Å². The Labute approximate surface area is 125 Å². The van der Waals surface area contributed by atoms with Gasteiger partial charge in [0.05, 0.1) is 11.6 Å². The third-order valence-electron chi connectivity index (χ3n) is 2.63. The first-order valence-corrected chi connectivity index (χ1v) is 6.77. The molecule has 2 rings (SSSR count). The molecule has 0 amide bonds. The van der Waals surface area contributed by atoms with E-state index in [0.29, 0.717) is 11.5 Å². The molecular weight excluding hydrogens is 262 g/mol. The van der Waals surface area contributed by atoms with E-state index < -0.39 is 0 Å². The van der Waals surface area contributed by atoms with Crippen LogP contribution in [0.25, 0.3) is 0 Å². The number of nitrogens with zero attached hydrogens (tertiary/aromatic N) is 3. The molecule has 0 unspecified atom stereocenters. The van der Waals surface area contributed by atoms with E-state index in [1.54, 1.807) is 12.1 Å². The number of hydrogen-bond donors (Lipinski definition) is 2. The van der Waals surface area contributed by atoms with Crippen molar-refractivity contribution >= 4 is 17.5 Å². The first-order chi connectivity index (χ1) is 9.85. The summed E-state index contributed by atoms with van der Waals surface area (Å²) in [5.41, 5.74) is 2.29. The second-order valence-corrected chi connectivity index (χ2v) is 5.91. The van der Waals surface area contributed by atoms with Crippen LogP contribution in [0.1, 0.15) is 32.0 Å². The fraction of sp³-hybridized carbons (Fsp3) is 0.312. The Kier molecular flexibility index (Phi) is 4.08. The zero-order chi connectivity index (χ0) is 15.5. The second-order valence-electron chi connectivity index (χ2n) is 5.91. The summed E-state index contributed by atoms with van der Waals surface area (Å²) in [7, 11) is 0. The molecule has 1 aromatic heterocycles. The van der Waals surface area contributed by atoms with E-state index in [-0.39, 0.29) is 5.54 Å². The van der Waals surface area contributed by atoms with Crippen molar-refractivity contribution in [2.24, 2.45) is 0 Å². The molecule has 2 aromatic rings. The predicted octanol–water partition coefficient (Wildman–Crippen LogP) is 3.61. The molecule has 0 spiro atoms. The highest BCUT2D eigenvalue weighted by molar-refractivity contribution is 5.56. The smallest absolute Gasteiger partial charge is 0.229 e. The van der Waals surface area contributed by atoms with Crippen LogP contribution >= 0.6 is 0 Å². The van der Waals surface area contributed by atoms with Crippen molar-refractivity contribution in [3.05, 3.63) is 41.6 Å². The van der Waals surface area contributed by atoms with Crippen LogP contribution in [0.4, 0.5) is 17.5 Å². The monoisotopic (exact) mass is 281 g/mol. The van der Waals surface area contributed by atoms with Crippen LogP contribution in [0.3, 0.4) is 0 Å². The lowest BCUT2D eigenvalue weighted by atomic mass is 10.1. The van der Waals surface area contributed by atoms with Gasteiger partial charge in [-0.15, -0.1) is 0 Å². The lowest BCUT2D eigenvalue weighted by Crippen LogP contribution is -2.27. The maximum absolute atomic E-state index is 8.80. The van der Waals surface area contributed by atoms with Gasteiger partial charge in [0.25, 0.3) is 0 Å². The van der Waals surface area contributed by atoms with Gasteiger partial charge in [-0.1, -0.05) is 0 Å². The second kappa shape index (κ2) is 5.80. The van der Waals surface area contributed by atoms with Crippen molar-refractivity contribution in [2.75, 3.05) is 10.6 Å². The Bertz CT molecular complexity index is 663. The molecule has 108 valence electrons. The summed E-state index contributed by atoms with van der Waals surface area (Å²) in [5, 5.41) is 15.3. The lowest BCUT2D eigenvalue weighted by Gasteiger charge is -2.21.